The van der Waals surface area contributed by atoms with Crippen molar-refractivity contribution in [2.75, 3.05) is 13.2 Å². The molecule has 0 bridgehead atoms. The van der Waals surface area contributed by atoms with E-state index in [1.165, 1.54) is 6.33 Å². The SMILES string of the molecule is CC(C)COCCn1cnc(C#N)c1C#N. The minimum absolute atomic E-state index is 0.173. The van der Waals surface area contributed by atoms with Crippen LogP contribution in [0, 0.1) is 28.6 Å². The summed E-state index contributed by atoms with van der Waals surface area (Å²) in [7, 11) is 0. The van der Waals surface area contributed by atoms with Crippen LogP contribution < -0.4 is 0 Å². The lowest BCUT2D eigenvalue weighted by Crippen LogP contribution is -2.10. The summed E-state index contributed by atoms with van der Waals surface area (Å²) in [6.07, 6.45) is 1.50. The maximum Gasteiger partial charge on any atom is 0.176 e. The van der Waals surface area contributed by atoms with Crippen molar-refractivity contribution in [3.63, 3.8) is 0 Å². The molecule has 0 saturated heterocycles. The lowest BCUT2D eigenvalue weighted by molar-refractivity contribution is 0.103. The average molecular weight is 218 g/mol. The third-order valence-electron chi connectivity index (χ3n) is 1.98. The average Bonchev–Trinajstić information content (AvgIpc) is 2.66. The molecule has 0 saturated carbocycles. The molecule has 1 aromatic heterocycles. The molecule has 5 nitrogen and oxygen atoms in total. The molecular formula is C11H14N4O. The number of hydrogen-bond acceptors (Lipinski definition) is 4. The van der Waals surface area contributed by atoms with Gasteiger partial charge in [-0.2, -0.15) is 10.5 Å². The topological polar surface area (TPSA) is 74.6 Å². The monoisotopic (exact) mass is 218 g/mol. The highest BCUT2D eigenvalue weighted by Crippen LogP contribution is 2.04. The highest BCUT2D eigenvalue weighted by atomic mass is 16.5. The maximum atomic E-state index is 8.86. The van der Waals surface area contributed by atoms with Crippen LogP contribution in [0.5, 0.6) is 0 Å². The normalized spacial score (nSPS) is 10.1. The number of imidazole rings is 1. The van der Waals surface area contributed by atoms with Crippen molar-refractivity contribution in [2.24, 2.45) is 5.92 Å². The van der Waals surface area contributed by atoms with Crippen LogP contribution in [0.4, 0.5) is 0 Å². The highest BCUT2D eigenvalue weighted by Gasteiger charge is 2.09. The summed E-state index contributed by atoms with van der Waals surface area (Å²) < 4.78 is 7.04. The van der Waals surface area contributed by atoms with Gasteiger partial charge in [0, 0.05) is 13.2 Å². The van der Waals surface area contributed by atoms with Crippen molar-refractivity contribution in [2.45, 2.75) is 20.4 Å². The van der Waals surface area contributed by atoms with E-state index < -0.39 is 0 Å². The lowest BCUT2D eigenvalue weighted by atomic mass is 10.2. The highest BCUT2D eigenvalue weighted by molar-refractivity contribution is 5.35. The van der Waals surface area contributed by atoms with Gasteiger partial charge < -0.3 is 9.30 Å². The van der Waals surface area contributed by atoms with Gasteiger partial charge in [-0.1, -0.05) is 13.8 Å². The van der Waals surface area contributed by atoms with Crippen LogP contribution in [-0.4, -0.2) is 22.8 Å². The van der Waals surface area contributed by atoms with E-state index >= 15 is 0 Å². The molecule has 1 heterocycles. The molecule has 0 aromatic carbocycles. The summed E-state index contributed by atoms with van der Waals surface area (Å²) in [5, 5.41) is 17.6. The maximum absolute atomic E-state index is 8.86. The molecule has 0 aliphatic heterocycles. The van der Waals surface area contributed by atoms with Gasteiger partial charge in [0.15, 0.2) is 11.4 Å². The Balaban J connectivity index is 2.52. The molecule has 84 valence electrons. The van der Waals surface area contributed by atoms with Gasteiger partial charge in [0.25, 0.3) is 0 Å². The van der Waals surface area contributed by atoms with Crippen molar-refractivity contribution in [1.29, 1.82) is 10.5 Å². The molecule has 0 N–H and O–H groups in total. The zero-order chi connectivity index (χ0) is 12.0. The lowest BCUT2D eigenvalue weighted by Gasteiger charge is -2.07. The van der Waals surface area contributed by atoms with E-state index in [0.29, 0.717) is 31.4 Å². The Morgan fingerprint density at radius 2 is 2.19 bits per heavy atom. The van der Waals surface area contributed by atoms with Crippen LogP contribution in [-0.2, 0) is 11.3 Å². The molecule has 5 heteroatoms. The number of hydrogen-bond donors (Lipinski definition) is 0. The summed E-state index contributed by atoms with van der Waals surface area (Å²) >= 11 is 0. The van der Waals surface area contributed by atoms with E-state index in [4.69, 9.17) is 15.3 Å². The number of ether oxygens (including phenoxy) is 1. The molecule has 0 spiro atoms. The Morgan fingerprint density at radius 1 is 1.44 bits per heavy atom. The molecule has 1 rings (SSSR count). The van der Waals surface area contributed by atoms with Gasteiger partial charge >= 0.3 is 0 Å². The Labute approximate surface area is 94.9 Å². The third-order valence-corrected chi connectivity index (χ3v) is 1.98. The van der Waals surface area contributed by atoms with Crippen molar-refractivity contribution in [3.8, 4) is 12.1 Å². The summed E-state index contributed by atoms with van der Waals surface area (Å²) in [6, 6.07) is 3.85. The molecule has 0 amide bonds. The molecule has 0 fully saturated rings. The first-order chi connectivity index (χ1) is 7.69. The Bertz CT molecular complexity index is 422. The number of nitriles is 2. The van der Waals surface area contributed by atoms with Crippen LogP contribution in [0.3, 0.4) is 0 Å². The van der Waals surface area contributed by atoms with Gasteiger partial charge in [-0.3, -0.25) is 0 Å². The second-order valence-corrected chi connectivity index (χ2v) is 3.83. The molecule has 0 atom stereocenters. The first-order valence-electron chi connectivity index (χ1n) is 5.12. The van der Waals surface area contributed by atoms with Crippen molar-refractivity contribution < 1.29 is 4.74 Å². The van der Waals surface area contributed by atoms with Gasteiger partial charge in [-0.15, -0.1) is 0 Å². The first-order valence-corrected chi connectivity index (χ1v) is 5.12. The second kappa shape index (κ2) is 5.89. The summed E-state index contributed by atoms with van der Waals surface area (Å²) in [4.78, 5) is 3.84. The Morgan fingerprint density at radius 3 is 2.75 bits per heavy atom. The summed E-state index contributed by atoms with van der Waals surface area (Å²) in [5.41, 5.74) is 0.474. The van der Waals surface area contributed by atoms with Crippen LogP contribution >= 0.6 is 0 Å². The minimum Gasteiger partial charge on any atom is -0.379 e. The quantitative estimate of drug-likeness (QED) is 0.698. The van der Waals surface area contributed by atoms with E-state index in [1.807, 2.05) is 12.1 Å². The van der Waals surface area contributed by atoms with E-state index in [0.717, 1.165) is 0 Å². The van der Waals surface area contributed by atoms with E-state index in [-0.39, 0.29) is 5.69 Å². The molecule has 0 radical (unpaired) electrons. The Hall–Kier alpha value is -1.85. The zero-order valence-electron chi connectivity index (χ0n) is 9.47. The minimum atomic E-state index is 0.173. The molecule has 0 aliphatic rings. The molecular weight excluding hydrogens is 204 g/mol. The van der Waals surface area contributed by atoms with Crippen molar-refractivity contribution in [1.82, 2.24) is 9.55 Å². The van der Waals surface area contributed by atoms with E-state index in [2.05, 4.69) is 18.8 Å². The predicted octanol–water partition coefficient (Wildman–Crippen LogP) is 1.30. The fraction of sp³-hybridized carbons (Fsp3) is 0.545. The van der Waals surface area contributed by atoms with Crippen LogP contribution in [0.1, 0.15) is 25.2 Å². The number of nitrogens with zero attached hydrogens (tertiary/aromatic N) is 4. The zero-order valence-corrected chi connectivity index (χ0v) is 9.47. The van der Waals surface area contributed by atoms with Gasteiger partial charge in [0.05, 0.1) is 12.9 Å². The molecule has 16 heavy (non-hydrogen) atoms. The predicted molar refractivity (Wildman–Crippen MR) is 57.3 cm³/mol. The van der Waals surface area contributed by atoms with Crippen LogP contribution in [0.15, 0.2) is 6.33 Å². The standard InChI is InChI=1S/C11H14N4O/c1-9(2)7-16-4-3-15-8-14-10(5-12)11(15)6-13/h8-9H,3-4,7H2,1-2H3. The Kier molecular flexibility index (Phi) is 4.50. The molecule has 0 aliphatic carbocycles. The third kappa shape index (κ3) is 3.08. The van der Waals surface area contributed by atoms with Crippen LogP contribution in [0.2, 0.25) is 0 Å². The molecule has 1 aromatic rings. The fourth-order valence-corrected chi connectivity index (χ4v) is 1.23. The summed E-state index contributed by atoms with van der Waals surface area (Å²) in [5.74, 6) is 0.493. The van der Waals surface area contributed by atoms with Gasteiger partial charge in [0.1, 0.15) is 12.1 Å². The smallest absolute Gasteiger partial charge is 0.176 e. The van der Waals surface area contributed by atoms with Crippen molar-refractivity contribution >= 4 is 0 Å². The van der Waals surface area contributed by atoms with Crippen molar-refractivity contribution in [3.05, 3.63) is 17.7 Å². The number of rotatable bonds is 5. The second-order valence-electron chi connectivity index (χ2n) is 3.83. The fourth-order valence-electron chi connectivity index (χ4n) is 1.23. The molecule has 0 unspecified atom stereocenters. The van der Waals surface area contributed by atoms with E-state index in [9.17, 15) is 0 Å². The van der Waals surface area contributed by atoms with Gasteiger partial charge in [-0.05, 0) is 5.92 Å². The van der Waals surface area contributed by atoms with E-state index in [1.54, 1.807) is 4.57 Å². The number of aromatic nitrogens is 2. The summed E-state index contributed by atoms with van der Waals surface area (Å²) in [6.45, 7) is 5.91. The van der Waals surface area contributed by atoms with Gasteiger partial charge in [-0.25, -0.2) is 4.98 Å². The van der Waals surface area contributed by atoms with Gasteiger partial charge in [0.2, 0.25) is 0 Å². The largest absolute Gasteiger partial charge is 0.379 e. The first kappa shape index (κ1) is 12.2. The van der Waals surface area contributed by atoms with Crippen LogP contribution in [0.25, 0.3) is 0 Å².